The number of thioether (sulfide) groups is 1. The number of halogens is 2. The van der Waals surface area contributed by atoms with E-state index in [4.69, 9.17) is 0 Å². The predicted molar refractivity (Wildman–Crippen MR) is 93.1 cm³/mol. The van der Waals surface area contributed by atoms with Crippen LogP contribution in [-0.2, 0) is 10.5 Å². The van der Waals surface area contributed by atoms with E-state index in [1.807, 2.05) is 42.5 Å². The Bertz CT molecular complexity index is 604. The molecular weight excluding hydrogens is 402 g/mol. The summed E-state index contributed by atoms with van der Waals surface area (Å²) in [6, 6.07) is 15.6. The molecule has 0 fully saturated rings. The topological polar surface area (TPSA) is 29.1 Å². The smallest absolute Gasteiger partial charge is 0.234 e. The number of anilines is 1. The monoisotopic (exact) mass is 413 g/mol. The van der Waals surface area contributed by atoms with Gasteiger partial charge in [0.05, 0.1) is 5.75 Å². The van der Waals surface area contributed by atoms with Crippen LogP contribution < -0.4 is 5.32 Å². The summed E-state index contributed by atoms with van der Waals surface area (Å²) in [6.45, 7) is 0. The fraction of sp³-hybridized carbons (Fsp3) is 0.133. The Labute approximate surface area is 139 Å². The maximum Gasteiger partial charge on any atom is 0.234 e. The number of hydrogen-bond donors (Lipinski definition) is 1. The minimum Gasteiger partial charge on any atom is -0.325 e. The van der Waals surface area contributed by atoms with Crippen molar-refractivity contribution in [2.75, 3.05) is 11.1 Å². The van der Waals surface area contributed by atoms with Gasteiger partial charge in [-0.25, -0.2) is 0 Å². The van der Waals surface area contributed by atoms with Crippen molar-refractivity contribution in [1.29, 1.82) is 0 Å². The van der Waals surface area contributed by atoms with Gasteiger partial charge >= 0.3 is 0 Å². The number of nitrogens with one attached hydrogen (secondary N) is 1. The Kier molecular flexibility index (Phi) is 6.13. The number of rotatable bonds is 5. The van der Waals surface area contributed by atoms with Gasteiger partial charge in [-0.15, -0.1) is 11.8 Å². The van der Waals surface area contributed by atoms with Crippen molar-refractivity contribution in [3.63, 3.8) is 0 Å². The van der Waals surface area contributed by atoms with Crippen LogP contribution in [-0.4, -0.2) is 11.7 Å². The molecule has 0 saturated heterocycles. The lowest BCUT2D eigenvalue weighted by molar-refractivity contribution is -0.113. The SMILES string of the molecule is O=C(CSCc1ccccc1Br)Nc1cccc(Br)c1. The molecule has 2 aromatic rings. The van der Waals surface area contributed by atoms with Crippen molar-refractivity contribution in [3.8, 4) is 0 Å². The van der Waals surface area contributed by atoms with Crippen molar-refractivity contribution in [2.24, 2.45) is 0 Å². The Balaban J connectivity index is 1.80. The summed E-state index contributed by atoms with van der Waals surface area (Å²) in [5.74, 6) is 1.27. The summed E-state index contributed by atoms with van der Waals surface area (Å²) in [5, 5.41) is 2.88. The normalized spacial score (nSPS) is 10.3. The summed E-state index contributed by atoms with van der Waals surface area (Å²) >= 11 is 8.49. The summed E-state index contributed by atoms with van der Waals surface area (Å²) < 4.78 is 2.04. The van der Waals surface area contributed by atoms with Crippen LogP contribution in [0.2, 0.25) is 0 Å². The summed E-state index contributed by atoms with van der Waals surface area (Å²) in [4.78, 5) is 11.8. The van der Waals surface area contributed by atoms with Crippen LogP contribution in [0.15, 0.2) is 57.5 Å². The van der Waals surface area contributed by atoms with E-state index in [0.717, 1.165) is 20.4 Å². The van der Waals surface area contributed by atoms with Crippen LogP contribution >= 0.6 is 43.6 Å². The average molecular weight is 415 g/mol. The first-order valence-corrected chi connectivity index (χ1v) is 8.76. The van der Waals surface area contributed by atoms with E-state index in [0.29, 0.717) is 5.75 Å². The molecule has 104 valence electrons. The minimum absolute atomic E-state index is 0.0140. The molecule has 0 aromatic heterocycles. The van der Waals surface area contributed by atoms with E-state index in [1.54, 1.807) is 11.8 Å². The lowest BCUT2D eigenvalue weighted by atomic mass is 10.2. The molecule has 0 heterocycles. The van der Waals surface area contributed by atoms with Crippen LogP contribution in [0.3, 0.4) is 0 Å². The second kappa shape index (κ2) is 7.86. The van der Waals surface area contributed by atoms with E-state index in [9.17, 15) is 4.79 Å². The molecule has 0 radical (unpaired) electrons. The van der Waals surface area contributed by atoms with Crippen LogP contribution in [0.5, 0.6) is 0 Å². The zero-order valence-electron chi connectivity index (χ0n) is 10.6. The molecule has 0 aliphatic rings. The molecule has 0 saturated carbocycles. The highest BCUT2D eigenvalue weighted by molar-refractivity contribution is 9.10. The number of amides is 1. The third-order valence-corrected chi connectivity index (χ3v) is 4.81. The highest BCUT2D eigenvalue weighted by Gasteiger charge is 2.04. The molecule has 0 bridgehead atoms. The van der Waals surface area contributed by atoms with Crippen LogP contribution in [0.1, 0.15) is 5.56 Å². The average Bonchev–Trinajstić information content (AvgIpc) is 2.41. The van der Waals surface area contributed by atoms with Crippen molar-refractivity contribution in [1.82, 2.24) is 0 Å². The summed E-state index contributed by atoms with van der Waals surface area (Å²) in [7, 11) is 0. The second-order valence-electron chi connectivity index (χ2n) is 4.14. The second-order valence-corrected chi connectivity index (χ2v) is 6.90. The van der Waals surface area contributed by atoms with Crippen LogP contribution in [0, 0.1) is 0 Å². The molecular formula is C15H13Br2NOS. The van der Waals surface area contributed by atoms with E-state index >= 15 is 0 Å². The third kappa shape index (κ3) is 4.96. The molecule has 2 rings (SSSR count). The molecule has 1 N–H and O–H groups in total. The van der Waals surface area contributed by atoms with Gasteiger partial charge in [0.25, 0.3) is 0 Å². The maximum atomic E-state index is 11.8. The molecule has 0 unspecified atom stereocenters. The molecule has 1 amide bonds. The van der Waals surface area contributed by atoms with Crippen molar-refractivity contribution in [3.05, 3.63) is 63.0 Å². The van der Waals surface area contributed by atoms with Gasteiger partial charge in [-0.1, -0.05) is 56.1 Å². The minimum atomic E-state index is 0.0140. The first-order chi connectivity index (χ1) is 9.65. The van der Waals surface area contributed by atoms with Gasteiger partial charge in [0.1, 0.15) is 0 Å². The highest BCUT2D eigenvalue weighted by atomic mass is 79.9. The number of benzene rings is 2. The molecule has 20 heavy (non-hydrogen) atoms. The van der Waals surface area contributed by atoms with E-state index in [2.05, 4.69) is 43.2 Å². The van der Waals surface area contributed by atoms with E-state index < -0.39 is 0 Å². The summed E-state index contributed by atoms with van der Waals surface area (Å²) in [5.41, 5.74) is 2.01. The van der Waals surface area contributed by atoms with Crippen molar-refractivity contribution >= 4 is 55.2 Å². The Morgan fingerprint density at radius 2 is 1.90 bits per heavy atom. The van der Waals surface area contributed by atoms with Gasteiger partial charge in [-0.05, 0) is 29.8 Å². The van der Waals surface area contributed by atoms with Gasteiger partial charge in [-0.2, -0.15) is 0 Å². The molecule has 0 aliphatic carbocycles. The zero-order chi connectivity index (χ0) is 14.4. The number of carbonyl (C=O) groups is 1. The predicted octanol–water partition coefficient (Wildman–Crippen LogP) is 5.08. The molecule has 2 aromatic carbocycles. The van der Waals surface area contributed by atoms with Crippen molar-refractivity contribution in [2.45, 2.75) is 5.75 Å². The first kappa shape index (κ1) is 15.6. The molecule has 0 aliphatic heterocycles. The lowest BCUT2D eigenvalue weighted by Crippen LogP contribution is -2.14. The zero-order valence-corrected chi connectivity index (χ0v) is 14.6. The molecule has 2 nitrogen and oxygen atoms in total. The van der Waals surface area contributed by atoms with Crippen LogP contribution in [0.4, 0.5) is 5.69 Å². The molecule has 0 atom stereocenters. The molecule has 5 heteroatoms. The Hall–Kier alpha value is -0.780. The standard InChI is InChI=1S/C15H13Br2NOS/c16-12-5-3-6-13(8-12)18-15(19)10-20-9-11-4-1-2-7-14(11)17/h1-8H,9-10H2,(H,18,19). The quantitative estimate of drug-likeness (QED) is 0.738. The van der Waals surface area contributed by atoms with Crippen LogP contribution in [0.25, 0.3) is 0 Å². The first-order valence-electron chi connectivity index (χ1n) is 6.02. The van der Waals surface area contributed by atoms with Gasteiger partial charge in [0.2, 0.25) is 5.91 Å². The van der Waals surface area contributed by atoms with Gasteiger partial charge in [-0.3, -0.25) is 4.79 Å². The highest BCUT2D eigenvalue weighted by Crippen LogP contribution is 2.21. The van der Waals surface area contributed by atoms with Crippen molar-refractivity contribution < 1.29 is 4.79 Å². The van der Waals surface area contributed by atoms with Gasteiger partial charge in [0.15, 0.2) is 0 Å². The molecule has 0 spiro atoms. The maximum absolute atomic E-state index is 11.8. The fourth-order valence-corrected chi connectivity index (χ4v) is 3.47. The lowest BCUT2D eigenvalue weighted by Gasteiger charge is -2.06. The third-order valence-electron chi connectivity index (χ3n) is 2.56. The summed E-state index contributed by atoms with van der Waals surface area (Å²) in [6.07, 6.45) is 0. The van der Waals surface area contributed by atoms with Gasteiger partial charge < -0.3 is 5.32 Å². The van der Waals surface area contributed by atoms with E-state index in [-0.39, 0.29) is 5.91 Å². The number of carbonyl (C=O) groups excluding carboxylic acids is 1. The Morgan fingerprint density at radius 3 is 2.65 bits per heavy atom. The van der Waals surface area contributed by atoms with E-state index in [1.165, 1.54) is 5.56 Å². The van der Waals surface area contributed by atoms with Gasteiger partial charge in [0, 0.05) is 20.4 Å². The fourth-order valence-electron chi connectivity index (χ4n) is 1.63. The Morgan fingerprint density at radius 1 is 1.10 bits per heavy atom. The number of hydrogen-bond acceptors (Lipinski definition) is 2. The largest absolute Gasteiger partial charge is 0.325 e.